The Morgan fingerprint density at radius 1 is 1.03 bits per heavy atom. The maximum Gasteiger partial charge on any atom is 0.165 e. The monoisotopic (exact) mass is 520 g/mol. The molecule has 3 aromatic rings. The lowest BCUT2D eigenvalue weighted by atomic mass is 9.79. The van der Waals surface area contributed by atoms with Gasteiger partial charge in [0.2, 0.25) is 0 Å². The second-order valence-electron chi connectivity index (χ2n) is 10.0. The van der Waals surface area contributed by atoms with E-state index in [1.54, 1.807) is 25.3 Å². The average Bonchev–Trinajstić information content (AvgIpc) is 2.94. The molecule has 0 amide bonds. The quantitative estimate of drug-likeness (QED) is 0.250. The number of nitrogens with zero attached hydrogens (tertiary/aromatic N) is 1. The van der Waals surface area contributed by atoms with Gasteiger partial charge < -0.3 is 24.8 Å². The lowest BCUT2D eigenvalue weighted by molar-refractivity contribution is 0.217. The van der Waals surface area contributed by atoms with Gasteiger partial charge in [-0.3, -0.25) is 0 Å². The molecule has 0 aliphatic heterocycles. The van der Waals surface area contributed by atoms with Gasteiger partial charge in [-0.05, 0) is 104 Å². The van der Waals surface area contributed by atoms with Crippen LogP contribution in [0.15, 0.2) is 54.6 Å². The van der Waals surface area contributed by atoms with E-state index in [1.165, 1.54) is 16.7 Å². The molecule has 1 atom stereocenters. The Morgan fingerprint density at radius 3 is 2.63 bits per heavy atom. The van der Waals surface area contributed by atoms with E-state index in [1.807, 2.05) is 24.3 Å². The smallest absolute Gasteiger partial charge is 0.165 e. The van der Waals surface area contributed by atoms with Crippen molar-refractivity contribution < 1.29 is 19.0 Å². The predicted octanol–water partition coefficient (Wildman–Crippen LogP) is 6.58. The molecule has 0 radical (unpaired) electrons. The number of fused-ring (bicyclic) bond motifs is 1. The summed E-state index contributed by atoms with van der Waals surface area (Å²) in [6.07, 6.45) is 4.62. The van der Waals surface area contributed by atoms with Crippen LogP contribution in [-0.4, -0.2) is 49.9 Å². The number of hydrogen-bond donors (Lipinski definition) is 2. The Morgan fingerprint density at radius 2 is 1.87 bits per heavy atom. The van der Waals surface area contributed by atoms with Crippen molar-refractivity contribution in [3.8, 4) is 17.2 Å². The number of anilines is 1. The topological polar surface area (TPSA) is 54.0 Å². The molecular formula is C32H41FN2O3. The minimum absolute atomic E-state index is 0.295. The van der Waals surface area contributed by atoms with Gasteiger partial charge in [-0.25, -0.2) is 4.39 Å². The highest BCUT2D eigenvalue weighted by molar-refractivity contribution is 5.57. The van der Waals surface area contributed by atoms with Crippen molar-refractivity contribution in [1.82, 2.24) is 4.90 Å². The summed E-state index contributed by atoms with van der Waals surface area (Å²) >= 11 is 0. The first-order valence-electron chi connectivity index (χ1n) is 13.9. The van der Waals surface area contributed by atoms with E-state index in [0.717, 1.165) is 75.3 Å². The van der Waals surface area contributed by atoms with Crippen molar-refractivity contribution in [2.24, 2.45) is 0 Å². The summed E-state index contributed by atoms with van der Waals surface area (Å²) in [7, 11) is 1.69. The predicted molar refractivity (Wildman–Crippen MR) is 152 cm³/mol. The third-order valence-corrected chi connectivity index (χ3v) is 7.63. The van der Waals surface area contributed by atoms with E-state index >= 15 is 0 Å². The molecule has 0 bridgehead atoms. The Bertz CT molecular complexity index is 1200. The van der Waals surface area contributed by atoms with Crippen LogP contribution in [0.1, 0.15) is 54.9 Å². The van der Waals surface area contributed by atoms with Crippen LogP contribution in [0, 0.1) is 5.82 Å². The van der Waals surface area contributed by atoms with Crippen molar-refractivity contribution >= 4 is 5.69 Å². The van der Waals surface area contributed by atoms with Crippen molar-refractivity contribution in [2.75, 3.05) is 45.2 Å². The molecule has 0 saturated heterocycles. The van der Waals surface area contributed by atoms with E-state index in [0.29, 0.717) is 24.0 Å². The fraction of sp³-hybridized carbons (Fsp3) is 0.438. The van der Waals surface area contributed by atoms with E-state index in [4.69, 9.17) is 9.47 Å². The van der Waals surface area contributed by atoms with Crippen LogP contribution in [0.3, 0.4) is 0 Å². The summed E-state index contributed by atoms with van der Waals surface area (Å²) in [5, 5.41) is 13.4. The van der Waals surface area contributed by atoms with Crippen molar-refractivity contribution in [1.29, 1.82) is 0 Å². The first-order valence-corrected chi connectivity index (χ1v) is 13.9. The molecule has 38 heavy (non-hydrogen) atoms. The van der Waals surface area contributed by atoms with E-state index in [-0.39, 0.29) is 5.82 Å². The number of aromatic hydroxyl groups is 1. The molecule has 204 valence electrons. The first kappa shape index (κ1) is 27.8. The summed E-state index contributed by atoms with van der Waals surface area (Å²) in [5.74, 6) is 1.60. The van der Waals surface area contributed by atoms with Crippen LogP contribution < -0.4 is 14.8 Å². The largest absolute Gasteiger partial charge is 0.508 e. The summed E-state index contributed by atoms with van der Waals surface area (Å²) < 4.78 is 25.8. The van der Waals surface area contributed by atoms with Crippen LogP contribution in [0.25, 0.3) is 0 Å². The van der Waals surface area contributed by atoms with Gasteiger partial charge in [0.1, 0.15) is 18.1 Å². The average molecular weight is 521 g/mol. The molecule has 0 fully saturated rings. The number of aryl methyl sites for hydroxylation is 2. The number of benzene rings is 3. The Kier molecular flexibility index (Phi) is 9.88. The van der Waals surface area contributed by atoms with Gasteiger partial charge in [0.15, 0.2) is 11.6 Å². The molecule has 0 spiro atoms. The highest BCUT2D eigenvalue weighted by Gasteiger charge is 2.23. The molecule has 4 rings (SSSR count). The summed E-state index contributed by atoms with van der Waals surface area (Å²) in [4.78, 5) is 2.26. The molecule has 0 unspecified atom stereocenters. The Labute approximate surface area is 226 Å². The summed E-state index contributed by atoms with van der Waals surface area (Å²) in [6.45, 7) is 8.22. The highest BCUT2D eigenvalue weighted by Crippen LogP contribution is 2.38. The zero-order chi connectivity index (χ0) is 26.9. The van der Waals surface area contributed by atoms with Crippen LogP contribution in [0.2, 0.25) is 0 Å². The van der Waals surface area contributed by atoms with Gasteiger partial charge in [-0.15, -0.1) is 0 Å². The van der Waals surface area contributed by atoms with Gasteiger partial charge in [-0.1, -0.05) is 32.0 Å². The van der Waals surface area contributed by atoms with Crippen LogP contribution in [-0.2, 0) is 19.3 Å². The number of nitrogens with one attached hydrogen (secondary N) is 1. The lowest BCUT2D eigenvalue weighted by Gasteiger charge is -2.27. The molecule has 6 heteroatoms. The maximum absolute atomic E-state index is 14.6. The lowest BCUT2D eigenvalue weighted by Crippen LogP contribution is -2.28. The second kappa shape index (κ2) is 13.5. The number of phenols is 1. The zero-order valence-corrected chi connectivity index (χ0v) is 22.9. The second-order valence-corrected chi connectivity index (χ2v) is 10.0. The van der Waals surface area contributed by atoms with E-state index < -0.39 is 0 Å². The molecule has 0 heterocycles. The van der Waals surface area contributed by atoms with Crippen molar-refractivity contribution in [2.45, 2.75) is 51.9 Å². The molecule has 1 aliphatic rings. The summed E-state index contributed by atoms with van der Waals surface area (Å²) in [5.41, 5.74) is 5.92. The van der Waals surface area contributed by atoms with Crippen LogP contribution >= 0.6 is 0 Å². The molecule has 5 nitrogen and oxygen atoms in total. The molecule has 1 aliphatic carbocycles. The molecule has 0 aromatic heterocycles. The standard InChI is InChI=1S/C32H41FN2O3/c1-4-35(5-2)17-18-38-32-15-8-23(19-30(32)33)7-6-16-34-31-22-28(37-3)13-14-29(31)26-10-9-25-21-27(36)12-11-24(25)20-26/h8,11-15,19,21-22,26,34,36H,4-7,9-10,16-18,20H2,1-3H3/t26-/m0/s1. The van der Waals surface area contributed by atoms with Crippen molar-refractivity contribution in [3.63, 3.8) is 0 Å². The normalized spacial score (nSPS) is 14.8. The maximum atomic E-state index is 14.6. The van der Waals surface area contributed by atoms with Gasteiger partial charge in [0.25, 0.3) is 0 Å². The fourth-order valence-electron chi connectivity index (χ4n) is 5.34. The number of likely N-dealkylation sites (N-methyl/N-ethyl adjacent to an activating group) is 1. The number of hydrogen-bond acceptors (Lipinski definition) is 5. The number of rotatable bonds is 13. The first-order chi connectivity index (χ1) is 18.5. The van der Waals surface area contributed by atoms with Gasteiger partial charge >= 0.3 is 0 Å². The van der Waals surface area contributed by atoms with E-state index in [9.17, 15) is 9.50 Å². The van der Waals surface area contributed by atoms with Gasteiger partial charge in [-0.2, -0.15) is 0 Å². The zero-order valence-electron chi connectivity index (χ0n) is 22.9. The van der Waals surface area contributed by atoms with Crippen molar-refractivity contribution in [3.05, 3.63) is 82.7 Å². The minimum Gasteiger partial charge on any atom is -0.508 e. The Balaban J connectivity index is 1.32. The molecule has 3 aromatic carbocycles. The molecular weight excluding hydrogens is 479 g/mol. The minimum atomic E-state index is -0.295. The number of halogens is 1. The number of ether oxygens (including phenoxy) is 2. The number of phenolic OH excluding ortho intramolecular Hbond substituents is 1. The fourth-order valence-corrected chi connectivity index (χ4v) is 5.34. The van der Waals surface area contributed by atoms with Gasteiger partial charge in [0, 0.05) is 24.8 Å². The molecule has 2 N–H and O–H groups in total. The van der Waals surface area contributed by atoms with Crippen LogP contribution in [0.5, 0.6) is 17.2 Å². The van der Waals surface area contributed by atoms with Gasteiger partial charge in [0.05, 0.1) is 7.11 Å². The molecule has 0 saturated carbocycles. The highest BCUT2D eigenvalue weighted by atomic mass is 19.1. The number of methoxy groups -OCH3 is 1. The van der Waals surface area contributed by atoms with E-state index in [2.05, 4.69) is 36.2 Å². The van der Waals surface area contributed by atoms with Crippen LogP contribution in [0.4, 0.5) is 10.1 Å². The summed E-state index contributed by atoms with van der Waals surface area (Å²) in [6, 6.07) is 17.3. The Hall–Kier alpha value is -3.25. The third kappa shape index (κ3) is 7.19. The third-order valence-electron chi connectivity index (χ3n) is 7.63. The SMILES string of the molecule is CCN(CC)CCOc1ccc(CCCNc2cc(OC)ccc2[C@H]2CCc3cc(O)ccc3C2)cc1F.